The van der Waals surface area contributed by atoms with Gasteiger partial charge >= 0.3 is 0 Å². The molecule has 2 aromatic carbocycles. The number of benzene rings is 2. The average molecular weight is 350 g/mol. The van der Waals surface area contributed by atoms with E-state index in [1.807, 2.05) is 30.3 Å². The van der Waals surface area contributed by atoms with Crippen molar-refractivity contribution in [2.75, 3.05) is 18.1 Å². The van der Waals surface area contributed by atoms with Crippen molar-refractivity contribution in [3.63, 3.8) is 0 Å². The maximum atomic E-state index is 12.4. The van der Waals surface area contributed by atoms with Crippen LogP contribution >= 0.6 is 0 Å². The van der Waals surface area contributed by atoms with E-state index >= 15 is 0 Å². The number of nitrogens with two attached hydrogens (primary N) is 1. The number of nitrogens with zero attached hydrogens (tertiary/aromatic N) is 1. The fourth-order valence-electron chi connectivity index (χ4n) is 2.50. The third-order valence-electron chi connectivity index (χ3n) is 3.65. The molecule has 24 heavy (non-hydrogen) atoms. The molecule has 0 spiro atoms. The molecule has 0 saturated carbocycles. The molecule has 0 radical (unpaired) electrons. The highest BCUT2D eigenvalue weighted by atomic mass is 32.2. The number of aliphatic hydroxyl groups excluding tert-OH is 1. The number of nitro benzene ring substituents is 1. The highest BCUT2D eigenvalue weighted by Gasteiger charge is 2.27. The largest absolute Gasteiger partial charge is 0.395 e. The fourth-order valence-corrected chi connectivity index (χ4v) is 3.96. The van der Waals surface area contributed by atoms with Crippen LogP contribution in [0.15, 0.2) is 47.4 Å². The lowest BCUT2D eigenvalue weighted by atomic mass is 10.0. The molecule has 2 aromatic rings. The first-order chi connectivity index (χ1) is 11.4. The molecule has 0 bridgehead atoms. The molecule has 0 amide bonds. The summed E-state index contributed by atoms with van der Waals surface area (Å²) < 4.78 is 24.8. The summed E-state index contributed by atoms with van der Waals surface area (Å²) in [5, 5.41) is 20.0. The Balaban J connectivity index is 2.47. The fraction of sp³-hybridized carbons (Fsp3) is 0.250. The lowest BCUT2D eigenvalue weighted by Crippen LogP contribution is -2.16. The minimum Gasteiger partial charge on any atom is -0.395 e. The number of aryl methyl sites for hydroxylation is 2. The van der Waals surface area contributed by atoms with Gasteiger partial charge in [-0.15, -0.1) is 0 Å². The van der Waals surface area contributed by atoms with Crippen molar-refractivity contribution in [2.45, 2.75) is 17.7 Å². The van der Waals surface area contributed by atoms with Gasteiger partial charge in [-0.05, 0) is 24.0 Å². The first-order valence-corrected chi connectivity index (χ1v) is 8.95. The van der Waals surface area contributed by atoms with Gasteiger partial charge in [-0.25, -0.2) is 8.42 Å². The second-order valence-corrected chi connectivity index (χ2v) is 7.32. The summed E-state index contributed by atoms with van der Waals surface area (Å²) in [6, 6.07) is 12.1. The zero-order valence-corrected chi connectivity index (χ0v) is 13.7. The Hall–Kier alpha value is -2.45. The summed E-state index contributed by atoms with van der Waals surface area (Å²) >= 11 is 0. The number of nitrogen functional groups attached to an aromatic ring is 1. The van der Waals surface area contributed by atoms with Gasteiger partial charge in [-0.2, -0.15) is 0 Å². The summed E-state index contributed by atoms with van der Waals surface area (Å²) in [7, 11) is -3.91. The normalized spacial score (nSPS) is 11.4. The topological polar surface area (TPSA) is 124 Å². The van der Waals surface area contributed by atoms with Gasteiger partial charge in [0.1, 0.15) is 10.6 Å². The summed E-state index contributed by atoms with van der Waals surface area (Å²) in [5.41, 5.74) is 6.37. The third-order valence-corrected chi connectivity index (χ3v) is 5.47. The molecule has 0 aromatic heterocycles. The van der Waals surface area contributed by atoms with Crippen LogP contribution in [0.5, 0.6) is 0 Å². The maximum Gasteiger partial charge on any atom is 0.293 e. The number of aliphatic hydroxyl groups is 1. The van der Waals surface area contributed by atoms with Crippen molar-refractivity contribution in [3.8, 4) is 0 Å². The molecule has 128 valence electrons. The van der Waals surface area contributed by atoms with E-state index < -0.39 is 32.8 Å². The zero-order valence-electron chi connectivity index (χ0n) is 12.9. The minimum absolute atomic E-state index is 0.248. The summed E-state index contributed by atoms with van der Waals surface area (Å²) in [4.78, 5) is 10.1. The predicted octanol–water partition coefficient (Wildman–Crippen LogP) is 1.73. The average Bonchev–Trinajstić information content (AvgIpc) is 2.53. The quantitative estimate of drug-likeness (QED) is 0.445. The molecule has 0 aliphatic rings. The van der Waals surface area contributed by atoms with E-state index in [1.54, 1.807) is 0 Å². The van der Waals surface area contributed by atoms with Gasteiger partial charge in [0.05, 0.1) is 17.3 Å². The van der Waals surface area contributed by atoms with E-state index in [-0.39, 0.29) is 10.6 Å². The second-order valence-electron chi connectivity index (χ2n) is 5.27. The molecule has 0 saturated heterocycles. The first-order valence-electron chi connectivity index (χ1n) is 7.30. The Labute approximate surface area is 139 Å². The highest BCUT2D eigenvalue weighted by molar-refractivity contribution is 7.91. The monoisotopic (exact) mass is 350 g/mol. The molecule has 0 fully saturated rings. The minimum atomic E-state index is -3.91. The van der Waals surface area contributed by atoms with Crippen LogP contribution in [-0.4, -0.2) is 30.8 Å². The van der Waals surface area contributed by atoms with Crippen LogP contribution in [-0.2, 0) is 22.7 Å². The van der Waals surface area contributed by atoms with Gasteiger partial charge in [0.25, 0.3) is 5.69 Å². The van der Waals surface area contributed by atoms with E-state index in [9.17, 15) is 18.5 Å². The number of sulfone groups is 1. The molecular weight excluding hydrogens is 332 g/mol. The predicted molar refractivity (Wildman–Crippen MR) is 90.5 cm³/mol. The lowest BCUT2D eigenvalue weighted by Gasteiger charge is -2.13. The van der Waals surface area contributed by atoms with Crippen molar-refractivity contribution in [1.29, 1.82) is 0 Å². The van der Waals surface area contributed by atoms with E-state index in [0.29, 0.717) is 18.4 Å². The maximum absolute atomic E-state index is 12.4. The first kappa shape index (κ1) is 17.9. The summed E-state index contributed by atoms with van der Waals surface area (Å²) in [6.07, 6.45) is 0.936. The number of rotatable bonds is 7. The van der Waals surface area contributed by atoms with Crippen molar-refractivity contribution < 1.29 is 18.4 Å². The van der Waals surface area contributed by atoms with Crippen molar-refractivity contribution in [1.82, 2.24) is 0 Å². The van der Waals surface area contributed by atoms with Crippen LogP contribution in [0.1, 0.15) is 11.1 Å². The molecular formula is C16H18N2O5S. The van der Waals surface area contributed by atoms with E-state index in [0.717, 1.165) is 5.56 Å². The Morgan fingerprint density at radius 2 is 1.75 bits per heavy atom. The smallest absolute Gasteiger partial charge is 0.293 e. The van der Waals surface area contributed by atoms with Crippen molar-refractivity contribution in [3.05, 3.63) is 63.7 Å². The summed E-state index contributed by atoms with van der Waals surface area (Å²) in [6.45, 7) is -0.581. The summed E-state index contributed by atoms with van der Waals surface area (Å²) in [5.74, 6) is -0.531. The SMILES string of the molecule is Nc1c([N+](=O)[O-])ccc(CCc2ccccc2)c1S(=O)(=O)CCO. The Bertz CT molecular complexity index is 835. The van der Waals surface area contributed by atoms with Gasteiger partial charge in [-0.3, -0.25) is 10.1 Å². The number of hydrogen-bond acceptors (Lipinski definition) is 6. The zero-order chi connectivity index (χ0) is 17.7. The second kappa shape index (κ2) is 7.41. The number of hydrogen-bond donors (Lipinski definition) is 2. The van der Waals surface area contributed by atoms with Gasteiger partial charge < -0.3 is 10.8 Å². The van der Waals surface area contributed by atoms with Crippen molar-refractivity contribution >= 4 is 21.2 Å². The highest BCUT2D eigenvalue weighted by Crippen LogP contribution is 2.33. The Morgan fingerprint density at radius 3 is 2.33 bits per heavy atom. The molecule has 0 aliphatic heterocycles. The molecule has 0 aliphatic carbocycles. The molecule has 0 unspecified atom stereocenters. The van der Waals surface area contributed by atoms with Gasteiger partial charge in [0, 0.05) is 6.07 Å². The molecule has 7 nitrogen and oxygen atoms in total. The van der Waals surface area contributed by atoms with Gasteiger partial charge in [-0.1, -0.05) is 36.4 Å². The van der Waals surface area contributed by atoms with Crippen LogP contribution in [0, 0.1) is 10.1 Å². The van der Waals surface area contributed by atoms with Crippen LogP contribution in [0.2, 0.25) is 0 Å². The lowest BCUT2D eigenvalue weighted by molar-refractivity contribution is -0.384. The van der Waals surface area contributed by atoms with Crippen molar-refractivity contribution in [2.24, 2.45) is 0 Å². The van der Waals surface area contributed by atoms with E-state index in [4.69, 9.17) is 10.8 Å². The standard InChI is InChI=1S/C16H18N2O5S/c17-15-14(18(20)21)9-8-13(16(15)24(22,23)11-10-19)7-6-12-4-2-1-3-5-12/h1-5,8-9,19H,6-7,10-11,17H2. The van der Waals surface area contributed by atoms with Crippen LogP contribution in [0.25, 0.3) is 0 Å². The Morgan fingerprint density at radius 1 is 1.08 bits per heavy atom. The van der Waals surface area contributed by atoms with Gasteiger partial charge in [0.15, 0.2) is 9.84 Å². The van der Waals surface area contributed by atoms with E-state index in [1.165, 1.54) is 12.1 Å². The van der Waals surface area contributed by atoms with Crippen LogP contribution in [0.4, 0.5) is 11.4 Å². The van der Waals surface area contributed by atoms with Crippen LogP contribution in [0.3, 0.4) is 0 Å². The van der Waals surface area contributed by atoms with Crippen LogP contribution < -0.4 is 5.73 Å². The van der Waals surface area contributed by atoms with Gasteiger partial charge in [0.2, 0.25) is 0 Å². The molecule has 2 rings (SSSR count). The Kier molecular flexibility index (Phi) is 5.53. The molecule has 8 heteroatoms. The third kappa shape index (κ3) is 3.90. The molecule has 0 atom stereocenters. The molecule has 0 heterocycles. The molecule has 3 N–H and O–H groups in total. The van der Waals surface area contributed by atoms with E-state index in [2.05, 4.69) is 0 Å². The number of nitro groups is 1. The number of anilines is 1.